The molecule has 6 nitrogen and oxygen atoms in total. The monoisotopic (exact) mass is 354 g/mol. The molecule has 2 aliphatic heterocycles. The molecule has 3 heterocycles. The van der Waals surface area contributed by atoms with Crippen LogP contribution in [-0.4, -0.2) is 42.2 Å². The SMILES string of the molecule is COc1ccccc1OCC(=O)N1CC2CC(C1)c1cccc(=O)n1C2. The van der Waals surface area contributed by atoms with E-state index in [0.29, 0.717) is 37.1 Å². The summed E-state index contributed by atoms with van der Waals surface area (Å²) in [4.78, 5) is 26.6. The Labute approximate surface area is 152 Å². The highest BCUT2D eigenvalue weighted by molar-refractivity contribution is 5.78. The highest BCUT2D eigenvalue weighted by Gasteiger charge is 2.36. The largest absolute Gasteiger partial charge is 0.493 e. The third-order valence-corrected chi connectivity index (χ3v) is 5.25. The Morgan fingerprint density at radius 3 is 2.69 bits per heavy atom. The summed E-state index contributed by atoms with van der Waals surface area (Å²) < 4.78 is 12.8. The van der Waals surface area contributed by atoms with Crippen molar-refractivity contribution in [1.82, 2.24) is 9.47 Å². The van der Waals surface area contributed by atoms with Gasteiger partial charge in [0.05, 0.1) is 7.11 Å². The molecule has 0 aliphatic carbocycles. The molecule has 0 saturated carbocycles. The van der Waals surface area contributed by atoms with Crippen LogP contribution in [0.4, 0.5) is 0 Å². The summed E-state index contributed by atoms with van der Waals surface area (Å²) in [7, 11) is 1.58. The fraction of sp³-hybridized carbons (Fsp3) is 0.400. The van der Waals surface area contributed by atoms with Crippen LogP contribution in [-0.2, 0) is 11.3 Å². The zero-order valence-electron chi connectivity index (χ0n) is 14.8. The number of aromatic nitrogens is 1. The summed E-state index contributed by atoms with van der Waals surface area (Å²) in [5.74, 6) is 1.68. The van der Waals surface area contributed by atoms with Crippen LogP contribution < -0.4 is 15.0 Å². The maximum Gasteiger partial charge on any atom is 0.260 e. The van der Waals surface area contributed by atoms with Gasteiger partial charge in [-0.1, -0.05) is 18.2 Å². The molecule has 1 aromatic heterocycles. The lowest BCUT2D eigenvalue weighted by atomic mass is 9.83. The molecule has 0 N–H and O–H groups in total. The van der Waals surface area contributed by atoms with Gasteiger partial charge in [0.1, 0.15) is 0 Å². The number of carbonyl (C=O) groups excluding carboxylic acids is 1. The molecule has 2 aliphatic rings. The predicted molar refractivity (Wildman–Crippen MR) is 96.6 cm³/mol. The number of fused-ring (bicyclic) bond motifs is 4. The maximum absolute atomic E-state index is 12.7. The number of para-hydroxylation sites is 2. The highest BCUT2D eigenvalue weighted by atomic mass is 16.5. The normalized spacial score (nSPS) is 21.0. The van der Waals surface area contributed by atoms with E-state index in [4.69, 9.17) is 9.47 Å². The third-order valence-electron chi connectivity index (χ3n) is 5.25. The Morgan fingerprint density at radius 2 is 1.88 bits per heavy atom. The molecule has 2 unspecified atom stereocenters. The molecule has 2 bridgehead atoms. The number of likely N-dealkylation sites (tertiary alicyclic amines) is 1. The van der Waals surface area contributed by atoms with Crippen molar-refractivity contribution in [2.75, 3.05) is 26.8 Å². The summed E-state index contributed by atoms with van der Waals surface area (Å²) in [6.45, 7) is 1.98. The van der Waals surface area contributed by atoms with Gasteiger partial charge >= 0.3 is 0 Å². The van der Waals surface area contributed by atoms with E-state index in [1.165, 1.54) is 0 Å². The molecular formula is C20H22N2O4. The van der Waals surface area contributed by atoms with Gasteiger partial charge in [-0.25, -0.2) is 0 Å². The number of carbonyl (C=O) groups is 1. The molecule has 0 spiro atoms. The molecule has 6 heteroatoms. The van der Waals surface area contributed by atoms with Crippen molar-refractivity contribution in [3.05, 3.63) is 58.5 Å². The summed E-state index contributed by atoms with van der Waals surface area (Å²) >= 11 is 0. The minimum Gasteiger partial charge on any atom is -0.493 e. The van der Waals surface area contributed by atoms with Gasteiger partial charge < -0.3 is 18.9 Å². The predicted octanol–water partition coefficient (Wildman–Crippen LogP) is 1.88. The fourth-order valence-corrected chi connectivity index (χ4v) is 4.07. The van der Waals surface area contributed by atoms with E-state index >= 15 is 0 Å². The van der Waals surface area contributed by atoms with Crippen LogP contribution in [0, 0.1) is 5.92 Å². The summed E-state index contributed by atoms with van der Waals surface area (Å²) in [6.07, 6.45) is 1.03. The van der Waals surface area contributed by atoms with Crippen LogP contribution in [0.1, 0.15) is 18.0 Å². The lowest BCUT2D eigenvalue weighted by molar-refractivity contribution is -0.136. The minimum absolute atomic E-state index is 0.0125. The van der Waals surface area contributed by atoms with Gasteiger partial charge in [0.25, 0.3) is 11.5 Å². The average molecular weight is 354 g/mol. The average Bonchev–Trinajstić information content (AvgIpc) is 2.67. The number of piperidine rings is 1. The second kappa shape index (κ2) is 6.86. The number of hydrogen-bond acceptors (Lipinski definition) is 4. The van der Waals surface area contributed by atoms with Gasteiger partial charge in [-0.05, 0) is 30.5 Å². The smallest absolute Gasteiger partial charge is 0.260 e. The third kappa shape index (κ3) is 3.07. The van der Waals surface area contributed by atoms with Crippen molar-refractivity contribution in [2.24, 2.45) is 5.92 Å². The highest BCUT2D eigenvalue weighted by Crippen LogP contribution is 2.35. The molecule has 1 amide bonds. The van der Waals surface area contributed by atoms with Crippen LogP contribution in [0.5, 0.6) is 11.5 Å². The number of methoxy groups -OCH3 is 1. The van der Waals surface area contributed by atoms with Crippen molar-refractivity contribution >= 4 is 5.91 Å². The number of amides is 1. The number of pyridine rings is 1. The molecule has 0 radical (unpaired) electrons. The van der Waals surface area contributed by atoms with E-state index in [2.05, 4.69) is 0 Å². The van der Waals surface area contributed by atoms with Crippen molar-refractivity contribution in [3.63, 3.8) is 0 Å². The Hall–Kier alpha value is -2.76. The minimum atomic E-state index is -0.0302. The lowest BCUT2D eigenvalue weighted by Gasteiger charge is -2.42. The first-order valence-corrected chi connectivity index (χ1v) is 8.89. The van der Waals surface area contributed by atoms with E-state index in [9.17, 15) is 9.59 Å². The first kappa shape index (κ1) is 16.7. The van der Waals surface area contributed by atoms with E-state index in [0.717, 1.165) is 12.1 Å². The van der Waals surface area contributed by atoms with Crippen molar-refractivity contribution in [3.8, 4) is 11.5 Å². The zero-order valence-corrected chi connectivity index (χ0v) is 14.8. The van der Waals surface area contributed by atoms with Gasteiger partial charge in [0, 0.05) is 37.3 Å². The van der Waals surface area contributed by atoms with Crippen molar-refractivity contribution < 1.29 is 14.3 Å². The second-order valence-electron chi connectivity index (χ2n) is 6.94. The number of rotatable bonds is 4. The summed E-state index contributed by atoms with van der Waals surface area (Å²) in [6, 6.07) is 12.7. The number of hydrogen-bond donors (Lipinski definition) is 0. The van der Waals surface area contributed by atoms with Gasteiger partial charge in [-0.3, -0.25) is 9.59 Å². The van der Waals surface area contributed by atoms with Gasteiger partial charge in [0.2, 0.25) is 0 Å². The Balaban J connectivity index is 1.45. The lowest BCUT2D eigenvalue weighted by Crippen LogP contribution is -2.50. The van der Waals surface area contributed by atoms with E-state index in [-0.39, 0.29) is 24.0 Å². The van der Waals surface area contributed by atoms with E-state index in [1.54, 1.807) is 31.4 Å². The van der Waals surface area contributed by atoms with Crippen molar-refractivity contribution in [2.45, 2.75) is 18.9 Å². The molecule has 1 aromatic carbocycles. The van der Waals surface area contributed by atoms with Crippen molar-refractivity contribution in [1.29, 1.82) is 0 Å². The summed E-state index contributed by atoms with van der Waals surface area (Å²) in [5.41, 5.74) is 1.09. The van der Waals surface area contributed by atoms with Gasteiger partial charge in [0.15, 0.2) is 18.1 Å². The molecule has 26 heavy (non-hydrogen) atoms. The van der Waals surface area contributed by atoms with Crippen LogP contribution in [0.15, 0.2) is 47.3 Å². The van der Waals surface area contributed by atoms with Gasteiger partial charge in [-0.15, -0.1) is 0 Å². The maximum atomic E-state index is 12.7. The summed E-state index contributed by atoms with van der Waals surface area (Å²) in [5, 5.41) is 0. The fourth-order valence-electron chi connectivity index (χ4n) is 4.07. The zero-order chi connectivity index (χ0) is 18.1. The topological polar surface area (TPSA) is 60.8 Å². The van der Waals surface area contributed by atoms with Crippen LogP contribution >= 0.6 is 0 Å². The van der Waals surface area contributed by atoms with E-state index in [1.807, 2.05) is 27.7 Å². The molecule has 136 valence electrons. The van der Waals surface area contributed by atoms with Gasteiger partial charge in [-0.2, -0.15) is 0 Å². The molecule has 2 aromatic rings. The van der Waals surface area contributed by atoms with Crippen LogP contribution in [0.3, 0.4) is 0 Å². The molecule has 2 atom stereocenters. The number of nitrogens with zero attached hydrogens (tertiary/aromatic N) is 2. The first-order valence-electron chi connectivity index (χ1n) is 8.89. The number of benzene rings is 1. The quantitative estimate of drug-likeness (QED) is 0.841. The van der Waals surface area contributed by atoms with Crippen LogP contribution in [0.2, 0.25) is 0 Å². The number of ether oxygens (including phenoxy) is 2. The van der Waals surface area contributed by atoms with Crippen LogP contribution in [0.25, 0.3) is 0 Å². The Bertz CT molecular complexity index is 876. The molecular weight excluding hydrogens is 332 g/mol. The molecule has 4 rings (SSSR count). The second-order valence-corrected chi connectivity index (χ2v) is 6.94. The molecule has 1 saturated heterocycles. The first-order chi connectivity index (χ1) is 12.7. The molecule has 1 fully saturated rings. The Kier molecular flexibility index (Phi) is 4.41. The standard InChI is InChI=1S/C20H22N2O4/c1-25-17-6-2-3-7-18(17)26-13-20(24)21-10-14-9-15(12-21)16-5-4-8-19(23)22(16)11-14/h2-8,14-15H,9-13H2,1H3. The van der Waals surface area contributed by atoms with E-state index < -0.39 is 0 Å². The Morgan fingerprint density at radius 1 is 1.08 bits per heavy atom.